The maximum absolute atomic E-state index is 11.9. The van der Waals surface area contributed by atoms with Crippen LogP contribution < -0.4 is 0 Å². The summed E-state index contributed by atoms with van der Waals surface area (Å²) in [4.78, 5) is 23.8. The van der Waals surface area contributed by atoms with E-state index < -0.39 is 17.5 Å². The Hall–Kier alpha value is -0.840. The molecule has 0 aromatic rings. The first-order chi connectivity index (χ1) is 9.03. The van der Waals surface area contributed by atoms with E-state index in [2.05, 4.69) is 28.7 Å². The highest BCUT2D eigenvalue weighted by atomic mass is 127. The molecule has 3 rings (SSSR count). The van der Waals surface area contributed by atoms with Crippen LogP contribution in [0, 0.1) is 28.6 Å². The molecule has 19 heavy (non-hydrogen) atoms. The predicted molar refractivity (Wildman–Crippen MR) is 72.1 cm³/mol. The van der Waals surface area contributed by atoms with Gasteiger partial charge in [0.1, 0.15) is 16.1 Å². The minimum absolute atomic E-state index is 0.0884. The second kappa shape index (κ2) is 4.33. The molecule has 1 heterocycles. The molecule has 6 heteroatoms. The van der Waals surface area contributed by atoms with E-state index in [1.807, 2.05) is 6.92 Å². The van der Waals surface area contributed by atoms with E-state index in [-0.39, 0.29) is 27.8 Å². The maximum atomic E-state index is 11.9. The summed E-state index contributed by atoms with van der Waals surface area (Å²) in [5.74, 6) is -0.675. The summed E-state index contributed by atoms with van der Waals surface area (Å²) in [6.07, 6.45) is 1.18. The molecule has 3 fully saturated rings. The van der Waals surface area contributed by atoms with Crippen molar-refractivity contribution in [1.29, 1.82) is 5.26 Å². The van der Waals surface area contributed by atoms with Crippen molar-refractivity contribution in [2.24, 2.45) is 17.3 Å². The van der Waals surface area contributed by atoms with E-state index in [9.17, 15) is 14.9 Å². The lowest BCUT2D eigenvalue weighted by Gasteiger charge is -2.28. The third-order valence-electron chi connectivity index (χ3n) is 4.63. The third-order valence-corrected chi connectivity index (χ3v) is 6.02. The number of hydrogen-bond acceptors (Lipinski definition) is 5. The van der Waals surface area contributed by atoms with Crippen molar-refractivity contribution < 1.29 is 19.1 Å². The molecule has 2 bridgehead atoms. The van der Waals surface area contributed by atoms with Crippen molar-refractivity contribution in [2.45, 2.75) is 42.3 Å². The Balaban J connectivity index is 1.78. The molecule has 0 radical (unpaired) electrons. The Labute approximate surface area is 124 Å². The van der Waals surface area contributed by atoms with Crippen LogP contribution in [0.25, 0.3) is 0 Å². The molecular weight excluding hydrogens is 361 g/mol. The van der Waals surface area contributed by atoms with Crippen LogP contribution in [0.15, 0.2) is 0 Å². The summed E-state index contributed by atoms with van der Waals surface area (Å²) < 4.78 is 10.7. The lowest BCUT2D eigenvalue weighted by Crippen LogP contribution is -2.40. The number of carbonyl (C=O) groups excluding carboxylic acids is 2. The maximum Gasteiger partial charge on any atom is 0.327 e. The van der Waals surface area contributed by atoms with Gasteiger partial charge in [0.15, 0.2) is 5.41 Å². The summed E-state index contributed by atoms with van der Waals surface area (Å²) >= 11 is 2.06. The first-order valence-corrected chi connectivity index (χ1v) is 7.75. The van der Waals surface area contributed by atoms with Gasteiger partial charge < -0.3 is 9.47 Å². The fraction of sp³-hybridized carbons (Fsp3) is 0.769. The normalized spacial score (nSPS) is 43.7. The van der Waals surface area contributed by atoms with E-state index >= 15 is 0 Å². The molecule has 1 saturated heterocycles. The summed E-state index contributed by atoms with van der Waals surface area (Å²) in [7, 11) is 0. The van der Waals surface area contributed by atoms with Gasteiger partial charge in [-0.05, 0) is 19.3 Å². The first kappa shape index (κ1) is 13.2. The SMILES string of the molecule is CCC(I)C(=O)OC1C2CC3C1OC(=O)C3(C#N)C2. The van der Waals surface area contributed by atoms with Gasteiger partial charge in [-0.2, -0.15) is 5.26 Å². The van der Waals surface area contributed by atoms with Crippen LogP contribution in [0.4, 0.5) is 0 Å². The van der Waals surface area contributed by atoms with Gasteiger partial charge in [-0.1, -0.05) is 29.5 Å². The predicted octanol–water partition coefficient (Wildman–Crippen LogP) is 1.59. The van der Waals surface area contributed by atoms with Crippen molar-refractivity contribution in [3.63, 3.8) is 0 Å². The van der Waals surface area contributed by atoms with Crippen LogP contribution in [-0.4, -0.2) is 28.1 Å². The molecule has 0 aromatic heterocycles. The topological polar surface area (TPSA) is 76.4 Å². The summed E-state index contributed by atoms with van der Waals surface area (Å²) in [6, 6.07) is 2.14. The van der Waals surface area contributed by atoms with Crippen LogP contribution >= 0.6 is 22.6 Å². The zero-order valence-corrected chi connectivity index (χ0v) is 12.6. The highest BCUT2D eigenvalue weighted by Crippen LogP contribution is 2.62. The highest BCUT2D eigenvalue weighted by molar-refractivity contribution is 14.1. The molecule has 2 aliphatic carbocycles. The average Bonchev–Trinajstić information content (AvgIpc) is 2.99. The molecule has 1 aliphatic heterocycles. The molecular formula is C13H14INO4. The molecule has 0 N–H and O–H groups in total. The van der Waals surface area contributed by atoms with Gasteiger partial charge in [0, 0.05) is 11.8 Å². The highest BCUT2D eigenvalue weighted by Gasteiger charge is 2.72. The number of alkyl halides is 1. The number of esters is 2. The smallest absolute Gasteiger partial charge is 0.327 e. The minimum Gasteiger partial charge on any atom is -0.457 e. The lowest BCUT2D eigenvalue weighted by atomic mass is 9.75. The van der Waals surface area contributed by atoms with Crippen LogP contribution in [0.5, 0.6) is 0 Å². The fourth-order valence-electron chi connectivity index (χ4n) is 3.66. The zero-order chi connectivity index (χ0) is 13.8. The van der Waals surface area contributed by atoms with Crippen LogP contribution in [0.1, 0.15) is 26.2 Å². The standard InChI is InChI=1S/C13H14INO4/c1-2-8(14)11(16)18-9-6-3-7-10(9)19-12(17)13(7,4-6)5-15/h6-10H,2-4H2,1H3. The Bertz CT molecular complexity index is 488. The van der Waals surface area contributed by atoms with Crippen molar-refractivity contribution in [3.05, 3.63) is 0 Å². The largest absolute Gasteiger partial charge is 0.457 e. The number of hydrogen-bond donors (Lipinski definition) is 0. The number of rotatable bonds is 3. The van der Waals surface area contributed by atoms with Crippen molar-refractivity contribution in [1.82, 2.24) is 0 Å². The Kier molecular flexibility index (Phi) is 3.00. The van der Waals surface area contributed by atoms with Crippen LogP contribution in [0.2, 0.25) is 0 Å². The number of nitrogens with zero attached hydrogens (tertiary/aromatic N) is 1. The molecule has 3 aliphatic rings. The lowest BCUT2D eigenvalue weighted by molar-refractivity contribution is -0.161. The van der Waals surface area contributed by atoms with Gasteiger partial charge in [-0.15, -0.1) is 0 Å². The number of fused-ring (bicyclic) bond motifs is 1. The summed E-state index contributed by atoms with van der Waals surface area (Å²) in [6.45, 7) is 1.93. The quantitative estimate of drug-likeness (QED) is 0.425. The van der Waals surface area contributed by atoms with Crippen molar-refractivity contribution >= 4 is 34.5 Å². The van der Waals surface area contributed by atoms with Crippen molar-refractivity contribution in [2.75, 3.05) is 0 Å². The fourth-order valence-corrected chi connectivity index (χ4v) is 3.81. The third kappa shape index (κ3) is 1.63. The van der Waals surface area contributed by atoms with Gasteiger partial charge in [-0.3, -0.25) is 9.59 Å². The van der Waals surface area contributed by atoms with Gasteiger partial charge in [0.25, 0.3) is 0 Å². The van der Waals surface area contributed by atoms with E-state index in [4.69, 9.17) is 9.47 Å². The van der Waals surface area contributed by atoms with E-state index in [0.717, 1.165) is 6.42 Å². The molecule has 6 unspecified atom stereocenters. The minimum atomic E-state index is -0.966. The molecule has 0 aromatic carbocycles. The van der Waals surface area contributed by atoms with Gasteiger partial charge in [0.2, 0.25) is 0 Å². The van der Waals surface area contributed by atoms with Gasteiger partial charge in [-0.25, -0.2) is 0 Å². The van der Waals surface area contributed by atoms with Crippen LogP contribution in [0.3, 0.4) is 0 Å². The summed E-state index contributed by atoms with van der Waals surface area (Å²) in [5, 5.41) is 9.27. The van der Waals surface area contributed by atoms with Gasteiger partial charge >= 0.3 is 11.9 Å². The monoisotopic (exact) mass is 375 g/mol. The second-order valence-corrected chi connectivity index (χ2v) is 7.04. The number of carbonyl (C=O) groups is 2. The average molecular weight is 375 g/mol. The van der Waals surface area contributed by atoms with E-state index in [1.54, 1.807) is 0 Å². The molecule has 6 atom stereocenters. The van der Waals surface area contributed by atoms with E-state index in [0.29, 0.717) is 12.8 Å². The van der Waals surface area contributed by atoms with Gasteiger partial charge in [0.05, 0.1) is 6.07 Å². The number of halogens is 1. The zero-order valence-electron chi connectivity index (χ0n) is 10.5. The Morgan fingerprint density at radius 1 is 1.74 bits per heavy atom. The molecule has 0 amide bonds. The molecule has 0 spiro atoms. The molecule has 102 valence electrons. The molecule has 2 saturated carbocycles. The molecule has 5 nitrogen and oxygen atoms in total. The summed E-state index contributed by atoms with van der Waals surface area (Å²) in [5.41, 5.74) is -0.966. The number of ether oxygens (including phenoxy) is 2. The van der Waals surface area contributed by atoms with E-state index in [1.165, 1.54) is 0 Å². The second-order valence-electron chi connectivity index (χ2n) is 5.54. The first-order valence-electron chi connectivity index (χ1n) is 6.50. The Morgan fingerprint density at radius 2 is 2.47 bits per heavy atom. The van der Waals surface area contributed by atoms with Crippen LogP contribution in [-0.2, 0) is 19.1 Å². The Morgan fingerprint density at radius 3 is 3.11 bits per heavy atom. The number of nitriles is 1. The van der Waals surface area contributed by atoms with Crippen molar-refractivity contribution in [3.8, 4) is 6.07 Å².